The number of hydrogen-bond acceptors (Lipinski definition) is 5. The van der Waals surface area contributed by atoms with Gasteiger partial charge in [-0.25, -0.2) is 17.8 Å². The van der Waals surface area contributed by atoms with Gasteiger partial charge in [0.1, 0.15) is 10.0 Å². The highest BCUT2D eigenvalue weighted by Gasteiger charge is 2.18. The number of nitrogens with zero attached hydrogens (tertiary/aromatic N) is 3. The van der Waals surface area contributed by atoms with Crippen LogP contribution in [0.3, 0.4) is 0 Å². The van der Waals surface area contributed by atoms with Crippen LogP contribution in [0, 0.1) is 6.92 Å². The minimum Gasteiger partial charge on any atom is -0.247 e. The van der Waals surface area contributed by atoms with E-state index >= 15 is 0 Å². The van der Waals surface area contributed by atoms with E-state index in [-0.39, 0.29) is 10.2 Å². The molecule has 0 aliphatic rings. The van der Waals surface area contributed by atoms with Crippen molar-refractivity contribution in [3.8, 4) is 0 Å². The lowest BCUT2D eigenvalue weighted by molar-refractivity contribution is 0.602. The van der Waals surface area contributed by atoms with E-state index in [9.17, 15) is 8.42 Å². The Morgan fingerprint density at radius 1 is 1.50 bits per heavy atom. The Hall–Kier alpha value is -1.41. The lowest BCUT2D eigenvalue weighted by Gasteiger charge is -2.03. The van der Waals surface area contributed by atoms with Crippen LogP contribution >= 0.6 is 11.3 Å². The predicted octanol–water partition coefficient (Wildman–Crippen LogP) is 0.986. The maximum atomic E-state index is 11.8. The second kappa shape index (κ2) is 3.87. The summed E-state index contributed by atoms with van der Waals surface area (Å²) in [6.45, 7) is 1.70. The third kappa shape index (κ3) is 2.07. The smallest absolute Gasteiger partial charge is 0.247 e. The summed E-state index contributed by atoms with van der Waals surface area (Å²) >= 11 is 1.15. The van der Waals surface area contributed by atoms with E-state index in [0.717, 1.165) is 11.3 Å². The molecule has 6 nitrogen and oxygen atoms in total. The van der Waals surface area contributed by atoms with Crippen molar-refractivity contribution in [3.63, 3.8) is 0 Å². The molecule has 86 valence electrons. The van der Waals surface area contributed by atoms with Crippen LogP contribution in [0.2, 0.25) is 0 Å². The van der Waals surface area contributed by atoms with Gasteiger partial charge in [0.25, 0.3) is 10.0 Å². The van der Waals surface area contributed by atoms with Gasteiger partial charge in [-0.2, -0.15) is 10.1 Å². The second-order valence-corrected chi connectivity index (χ2v) is 6.00. The fourth-order valence-electron chi connectivity index (χ4n) is 1.19. The summed E-state index contributed by atoms with van der Waals surface area (Å²) in [5, 5.41) is 5.66. The molecule has 2 heterocycles. The Morgan fingerprint density at radius 2 is 2.25 bits per heavy atom. The average molecular weight is 258 g/mol. The van der Waals surface area contributed by atoms with Gasteiger partial charge in [-0.15, -0.1) is 11.3 Å². The fraction of sp³-hybridized carbons (Fsp3) is 0.250. The molecule has 0 aliphatic carbocycles. The van der Waals surface area contributed by atoms with E-state index in [0.29, 0.717) is 5.82 Å². The molecule has 2 aromatic heterocycles. The number of anilines is 1. The summed E-state index contributed by atoms with van der Waals surface area (Å²) in [5.74, 6) is 0.734. The quantitative estimate of drug-likeness (QED) is 0.890. The fourth-order valence-corrected chi connectivity index (χ4v) is 3.21. The van der Waals surface area contributed by atoms with Crippen molar-refractivity contribution in [3.05, 3.63) is 23.3 Å². The van der Waals surface area contributed by atoms with Crippen LogP contribution in [-0.2, 0) is 17.1 Å². The molecule has 0 radical (unpaired) electrons. The third-order valence-corrected chi connectivity index (χ3v) is 4.58. The molecule has 1 N–H and O–H groups in total. The van der Waals surface area contributed by atoms with Crippen LogP contribution in [0.5, 0.6) is 0 Å². The summed E-state index contributed by atoms with van der Waals surface area (Å²) in [4.78, 5) is 3.97. The van der Waals surface area contributed by atoms with Gasteiger partial charge < -0.3 is 0 Å². The van der Waals surface area contributed by atoms with Crippen molar-refractivity contribution in [1.82, 2.24) is 14.8 Å². The number of nitrogens with one attached hydrogen (secondary N) is 1. The van der Waals surface area contributed by atoms with Crippen LogP contribution in [0.1, 0.15) is 5.82 Å². The lowest BCUT2D eigenvalue weighted by Crippen LogP contribution is -2.14. The first kappa shape index (κ1) is 11.1. The van der Waals surface area contributed by atoms with Gasteiger partial charge in [-0.05, 0) is 18.4 Å². The number of sulfonamides is 1. The lowest BCUT2D eigenvalue weighted by atomic mass is 10.7. The molecule has 0 saturated heterocycles. The highest BCUT2D eigenvalue weighted by atomic mass is 32.2. The Labute approximate surface area is 97.0 Å². The second-order valence-electron chi connectivity index (χ2n) is 3.14. The number of hydrogen-bond donors (Lipinski definition) is 1. The molecule has 2 rings (SSSR count). The van der Waals surface area contributed by atoms with E-state index in [1.807, 2.05) is 0 Å². The summed E-state index contributed by atoms with van der Waals surface area (Å²) in [6.07, 6.45) is 0. The minimum atomic E-state index is -3.53. The summed E-state index contributed by atoms with van der Waals surface area (Å²) in [7, 11) is -1.90. The minimum absolute atomic E-state index is 0.214. The number of aromatic nitrogens is 3. The van der Waals surface area contributed by atoms with Crippen LogP contribution in [0.15, 0.2) is 21.7 Å². The monoisotopic (exact) mass is 258 g/mol. The topological polar surface area (TPSA) is 76.9 Å². The van der Waals surface area contributed by atoms with E-state index in [1.165, 1.54) is 10.7 Å². The van der Waals surface area contributed by atoms with Crippen LogP contribution < -0.4 is 4.72 Å². The Balaban J connectivity index is 2.32. The number of aryl methyl sites for hydroxylation is 2. The summed E-state index contributed by atoms with van der Waals surface area (Å²) < 4.78 is 27.7. The van der Waals surface area contributed by atoms with Crippen molar-refractivity contribution in [2.75, 3.05) is 4.72 Å². The molecule has 0 aliphatic heterocycles. The Kier molecular flexibility index (Phi) is 2.68. The summed E-state index contributed by atoms with van der Waals surface area (Å²) in [5.41, 5.74) is 0. The zero-order valence-corrected chi connectivity index (χ0v) is 10.3. The maximum absolute atomic E-state index is 11.8. The maximum Gasteiger partial charge on any atom is 0.273 e. The Morgan fingerprint density at radius 3 is 2.75 bits per heavy atom. The normalized spacial score (nSPS) is 11.6. The van der Waals surface area contributed by atoms with Crippen LogP contribution in [0.25, 0.3) is 0 Å². The molecule has 0 bridgehead atoms. The molecule has 0 fully saturated rings. The van der Waals surface area contributed by atoms with Gasteiger partial charge in [0.05, 0.1) is 0 Å². The first-order valence-corrected chi connectivity index (χ1v) is 6.79. The molecule has 8 heteroatoms. The highest BCUT2D eigenvalue weighted by Crippen LogP contribution is 2.18. The summed E-state index contributed by atoms with van der Waals surface area (Å²) in [6, 6.07) is 3.22. The number of thiophene rings is 1. The van der Waals surface area contributed by atoms with E-state index in [4.69, 9.17) is 0 Å². The molecule has 0 spiro atoms. The molecular formula is C8H10N4O2S2. The standard InChI is InChI=1S/C8H10N4O2S2/c1-6-9-8(12(2)10-6)11-16(13,14)7-4-3-5-15-7/h3-5H,1-2H3,(H,9,10,11). The van der Waals surface area contributed by atoms with Gasteiger partial charge in [-0.1, -0.05) is 6.07 Å². The van der Waals surface area contributed by atoms with Crippen molar-refractivity contribution < 1.29 is 8.42 Å². The average Bonchev–Trinajstić information content (AvgIpc) is 2.76. The molecule has 0 saturated carbocycles. The largest absolute Gasteiger partial charge is 0.273 e. The van der Waals surface area contributed by atoms with E-state index < -0.39 is 10.0 Å². The predicted molar refractivity (Wildman–Crippen MR) is 60.9 cm³/mol. The van der Waals surface area contributed by atoms with Crippen molar-refractivity contribution in [2.24, 2.45) is 7.05 Å². The third-order valence-electron chi connectivity index (χ3n) is 1.85. The van der Waals surface area contributed by atoms with Crippen molar-refractivity contribution >= 4 is 27.3 Å². The van der Waals surface area contributed by atoms with E-state index in [2.05, 4.69) is 14.8 Å². The zero-order valence-electron chi connectivity index (χ0n) is 8.71. The molecule has 0 amide bonds. The van der Waals surface area contributed by atoms with Gasteiger partial charge in [0, 0.05) is 7.05 Å². The van der Waals surface area contributed by atoms with Crippen LogP contribution in [-0.4, -0.2) is 23.2 Å². The first-order chi connectivity index (χ1) is 7.49. The molecule has 0 atom stereocenters. The molecule has 2 aromatic rings. The van der Waals surface area contributed by atoms with E-state index in [1.54, 1.807) is 25.4 Å². The molecular weight excluding hydrogens is 248 g/mol. The zero-order chi connectivity index (χ0) is 11.8. The number of rotatable bonds is 3. The molecule has 16 heavy (non-hydrogen) atoms. The van der Waals surface area contributed by atoms with Gasteiger partial charge in [0.2, 0.25) is 5.95 Å². The van der Waals surface area contributed by atoms with Crippen LogP contribution in [0.4, 0.5) is 5.95 Å². The van der Waals surface area contributed by atoms with Crippen molar-refractivity contribution in [1.29, 1.82) is 0 Å². The highest BCUT2D eigenvalue weighted by molar-refractivity contribution is 7.94. The molecule has 0 aromatic carbocycles. The van der Waals surface area contributed by atoms with Crippen molar-refractivity contribution in [2.45, 2.75) is 11.1 Å². The SMILES string of the molecule is Cc1nc(NS(=O)(=O)c2cccs2)n(C)n1. The van der Waals surface area contributed by atoms with Gasteiger partial charge in [-0.3, -0.25) is 0 Å². The molecule has 0 unspecified atom stereocenters. The Bertz CT molecular complexity index is 586. The van der Waals surface area contributed by atoms with Gasteiger partial charge in [0.15, 0.2) is 0 Å². The first-order valence-electron chi connectivity index (χ1n) is 4.43. The van der Waals surface area contributed by atoms with Gasteiger partial charge >= 0.3 is 0 Å².